The van der Waals surface area contributed by atoms with Gasteiger partial charge in [-0.15, -0.1) is 0 Å². The minimum Gasteiger partial charge on any atom is -0.497 e. The van der Waals surface area contributed by atoms with Crippen LogP contribution >= 0.6 is 0 Å². The maximum Gasteiger partial charge on any atom is 0.176 e. The molecule has 1 heterocycles. The highest BCUT2D eigenvalue weighted by Gasteiger charge is 2.41. The fraction of sp³-hybridized carbons (Fsp3) is 0.130. The summed E-state index contributed by atoms with van der Waals surface area (Å²) in [4.78, 5) is 19.2. The Balaban J connectivity index is 1.74. The average Bonchev–Trinajstić information content (AvgIpc) is 3.20. The molecule has 0 bridgehead atoms. The minimum atomic E-state index is -0.511. The number of rotatable bonds is 5. The lowest BCUT2D eigenvalue weighted by Crippen LogP contribution is -2.27. The molecular weight excluding hydrogens is 338 g/mol. The number of methoxy groups -OCH3 is 1. The molecule has 1 aliphatic rings. The van der Waals surface area contributed by atoms with E-state index in [1.807, 2.05) is 60.7 Å². The van der Waals surface area contributed by atoms with Gasteiger partial charge in [0.05, 0.1) is 7.11 Å². The second-order valence-electron chi connectivity index (χ2n) is 6.35. The Hall–Kier alpha value is -3.40. The summed E-state index contributed by atoms with van der Waals surface area (Å²) in [6.07, 6.45) is -0.448. The molecule has 0 unspecified atom stereocenters. The fourth-order valence-electron chi connectivity index (χ4n) is 3.31. The zero-order valence-electron chi connectivity index (χ0n) is 14.9. The average molecular weight is 357 g/mol. The zero-order chi connectivity index (χ0) is 18.6. The van der Waals surface area contributed by atoms with Gasteiger partial charge in [0.1, 0.15) is 17.4 Å². The van der Waals surface area contributed by atoms with Gasteiger partial charge < -0.3 is 9.57 Å². The minimum absolute atomic E-state index is 0.0217. The van der Waals surface area contributed by atoms with Crippen molar-refractivity contribution in [2.24, 2.45) is 11.1 Å². The smallest absolute Gasteiger partial charge is 0.176 e. The molecule has 134 valence electrons. The number of nitrogens with zero attached hydrogens (tertiary/aromatic N) is 1. The first-order valence-corrected chi connectivity index (χ1v) is 8.80. The number of ether oxygens (including phenoxy) is 1. The lowest BCUT2D eigenvalue weighted by atomic mass is 9.83. The van der Waals surface area contributed by atoms with E-state index in [2.05, 4.69) is 5.16 Å². The molecule has 0 amide bonds. The summed E-state index contributed by atoms with van der Waals surface area (Å²) in [6, 6.07) is 26.6. The van der Waals surface area contributed by atoms with Gasteiger partial charge in [0.15, 0.2) is 11.9 Å². The molecule has 4 rings (SSSR count). The summed E-state index contributed by atoms with van der Waals surface area (Å²) in [7, 11) is 1.60. The first kappa shape index (κ1) is 17.0. The summed E-state index contributed by atoms with van der Waals surface area (Å²) in [6.45, 7) is 0. The molecule has 3 aromatic rings. The van der Waals surface area contributed by atoms with Gasteiger partial charge in [0.25, 0.3) is 0 Å². The van der Waals surface area contributed by atoms with Crippen LogP contribution in [0.5, 0.6) is 5.75 Å². The van der Waals surface area contributed by atoms with Crippen molar-refractivity contribution in [1.29, 1.82) is 0 Å². The first-order valence-electron chi connectivity index (χ1n) is 8.80. The quantitative estimate of drug-likeness (QED) is 0.624. The maximum atomic E-state index is 13.4. The van der Waals surface area contributed by atoms with Gasteiger partial charge in [-0.3, -0.25) is 4.79 Å². The maximum absolute atomic E-state index is 13.4. The second-order valence-corrected chi connectivity index (χ2v) is 6.35. The third-order valence-corrected chi connectivity index (χ3v) is 4.72. The Morgan fingerprint density at radius 2 is 1.52 bits per heavy atom. The van der Waals surface area contributed by atoms with Gasteiger partial charge in [0, 0.05) is 11.1 Å². The molecule has 0 saturated heterocycles. The van der Waals surface area contributed by atoms with Crippen molar-refractivity contribution in [2.75, 3.05) is 7.11 Å². The lowest BCUT2D eigenvalue weighted by Gasteiger charge is -2.18. The molecule has 2 atom stereocenters. The molecule has 1 aliphatic heterocycles. The Bertz CT molecular complexity index is 950. The van der Waals surface area contributed by atoms with Gasteiger partial charge in [0.2, 0.25) is 0 Å². The summed E-state index contributed by atoms with van der Waals surface area (Å²) in [5.74, 6) is 0.181. The molecule has 0 aliphatic carbocycles. The Kier molecular flexibility index (Phi) is 4.71. The molecule has 0 aromatic heterocycles. The van der Waals surface area contributed by atoms with Crippen molar-refractivity contribution < 1.29 is 14.4 Å². The number of benzene rings is 3. The van der Waals surface area contributed by atoms with Crippen molar-refractivity contribution in [3.8, 4) is 5.75 Å². The number of oxime groups is 1. The van der Waals surface area contributed by atoms with E-state index in [0.717, 1.165) is 11.1 Å². The number of carbonyl (C=O) groups is 1. The van der Waals surface area contributed by atoms with E-state index < -0.39 is 12.0 Å². The van der Waals surface area contributed by atoms with Crippen LogP contribution in [0.1, 0.15) is 27.6 Å². The van der Waals surface area contributed by atoms with Gasteiger partial charge in [-0.05, 0) is 29.8 Å². The monoisotopic (exact) mass is 357 g/mol. The number of hydrogen-bond donors (Lipinski definition) is 0. The predicted molar refractivity (Wildman–Crippen MR) is 104 cm³/mol. The third-order valence-electron chi connectivity index (χ3n) is 4.72. The number of ketones is 1. The van der Waals surface area contributed by atoms with Crippen LogP contribution in [0.25, 0.3) is 0 Å². The Morgan fingerprint density at radius 1 is 0.889 bits per heavy atom. The van der Waals surface area contributed by atoms with Gasteiger partial charge in [-0.2, -0.15) is 0 Å². The molecule has 0 fully saturated rings. The van der Waals surface area contributed by atoms with Crippen molar-refractivity contribution in [3.05, 3.63) is 102 Å². The summed E-state index contributed by atoms with van der Waals surface area (Å²) < 4.78 is 5.20. The van der Waals surface area contributed by atoms with Crippen LogP contribution in [-0.4, -0.2) is 18.6 Å². The van der Waals surface area contributed by atoms with Crippen LogP contribution < -0.4 is 4.74 Å². The van der Waals surface area contributed by atoms with Crippen LogP contribution in [0.2, 0.25) is 0 Å². The van der Waals surface area contributed by atoms with Crippen molar-refractivity contribution in [2.45, 2.75) is 6.10 Å². The SMILES string of the molecule is COc1ccc(C(=O)[C@H]2C(c3ccccc3)=NO[C@@H]2c2ccccc2)cc1. The van der Waals surface area contributed by atoms with Gasteiger partial charge in [-0.1, -0.05) is 65.8 Å². The van der Waals surface area contributed by atoms with Crippen molar-refractivity contribution >= 4 is 11.5 Å². The highest BCUT2D eigenvalue weighted by Crippen LogP contribution is 2.37. The van der Waals surface area contributed by atoms with Crippen LogP contribution in [0, 0.1) is 5.92 Å². The lowest BCUT2D eigenvalue weighted by molar-refractivity contribution is 0.0533. The van der Waals surface area contributed by atoms with Crippen molar-refractivity contribution in [1.82, 2.24) is 0 Å². The summed E-state index contributed by atoms with van der Waals surface area (Å²) in [5.41, 5.74) is 3.09. The Morgan fingerprint density at radius 3 is 2.15 bits per heavy atom. The molecule has 0 N–H and O–H groups in total. The van der Waals surface area contributed by atoms with E-state index in [1.54, 1.807) is 31.4 Å². The highest BCUT2D eigenvalue weighted by molar-refractivity contribution is 6.19. The summed E-state index contributed by atoms with van der Waals surface area (Å²) >= 11 is 0. The first-order chi connectivity index (χ1) is 13.3. The van der Waals surface area contributed by atoms with Crippen molar-refractivity contribution in [3.63, 3.8) is 0 Å². The van der Waals surface area contributed by atoms with E-state index in [-0.39, 0.29) is 5.78 Å². The van der Waals surface area contributed by atoms with E-state index >= 15 is 0 Å². The van der Waals surface area contributed by atoms with E-state index in [1.165, 1.54) is 0 Å². The van der Waals surface area contributed by atoms with E-state index in [4.69, 9.17) is 9.57 Å². The largest absolute Gasteiger partial charge is 0.497 e. The molecule has 0 radical (unpaired) electrons. The zero-order valence-corrected chi connectivity index (χ0v) is 14.9. The predicted octanol–water partition coefficient (Wildman–Crippen LogP) is 4.67. The molecule has 4 nitrogen and oxygen atoms in total. The molecule has 0 spiro atoms. The number of carbonyl (C=O) groups excluding carboxylic acids is 1. The van der Waals surface area contributed by atoms with E-state index in [0.29, 0.717) is 17.0 Å². The van der Waals surface area contributed by atoms with Crippen LogP contribution in [0.4, 0.5) is 0 Å². The van der Waals surface area contributed by atoms with Gasteiger partial charge >= 0.3 is 0 Å². The van der Waals surface area contributed by atoms with Crippen LogP contribution in [0.3, 0.4) is 0 Å². The van der Waals surface area contributed by atoms with Crippen LogP contribution in [0.15, 0.2) is 90.1 Å². The number of Topliss-reactive ketones (excluding diaryl/α,β-unsaturated/α-hetero) is 1. The third kappa shape index (κ3) is 3.34. The second kappa shape index (κ2) is 7.46. The topological polar surface area (TPSA) is 47.9 Å². The van der Waals surface area contributed by atoms with Gasteiger partial charge in [-0.25, -0.2) is 0 Å². The molecule has 0 saturated carbocycles. The highest BCUT2D eigenvalue weighted by atomic mass is 16.6. The molecule has 4 heteroatoms. The molecule has 3 aromatic carbocycles. The molecular formula is C23H19NO3. The number of hydrogen-bond acceptors (Lipinski definition) is 4. The fourth-order valence-corrected chi connectivity index (χ4v) is 3.31. The Labute approximate surface area is 158 Å². The van der Waals surface area contributed by atoms with Crippen LogP contribution in [-0.2, 0) is 4.84 Å². The summed E-state index contributed by atoms with van der Waals surface area (Å²) in [5, 5.41) is 4.30. The normalized spacial score (nSPS) is 18.5. The standard InChI is InChI=1S/C23H19NO3/c1-26-19-14-12-17(13-15-19)22(25)20-21(16-8-4-2-5-9-16)24-27-23(20)18-10-6-3-7-11-18/h2-15,20,23H,1H3/t20-,23-/m1/s1. The molecule has 27 heavy (non-hydrogen) atoms. The van der Waals surface area contributed by atoms with E-state index in [9.17, 15) is 4.79 Å².